The minimum atomic E-state index is -0.335. The summed E-state index contributed by atoms with van der Waals surface area (Å²) in [6.07, 6.45) is 0. The monoisotopic (exact) mass is 440 g/mol. The Kier molecular flexibility index (Phi) is 6.18. The first-order chi connectivity index (χ1) is 15.1. The second kappa shape index (κ2) is 9.18. The first-order valence-electron chi connectivity index (χ1n) is 9.30. The van der Waals surface area contributed by atoms with Crippen LogP contribution in [0.15, 0.2) is 76.4 Å². The predicted octanol–water partition coefficient (Wildman–Crippen LogP) is 5.91. The van der Waals surface area contributed by atoms with Crippen LogP contribution in [-0.4, -0.2) is 24.4 Å². The van der Waals surface area contributed by atoms with Gasteiger partial charge in [0.15, 0.2) is 0 Å². The molecule has 0 spiro atoms. The molecule has 0 saturated heterocycles. The summed E-state index contributed by atoms with van der Waals surface area (Å²) >= 11 is 1.29. The molecule has 0 aliphatic rings. The average molecular weight is 440 g/mol. The third kappa shape index (κ3) is 4.86. The van der Waals surface area contributed by atoms with Crippen molar-refractivity contribution < 1.29 is 22.7 Å². The number of hydrogen-bond donors (Lipinski definition) is 0. The van der Waals surface area contributed by atoms with E-state index < -0.39 is 0 Å². The van der Waals surface area contributed by atoms with Crippen molar-refractivity contribution in [1.29, 1.82) is 0 Å². The number of nitrogens with zero attached hydrogens (tertiary/aromatic N) is 2. The zero-order valence-electron chi connectivity index (χ0n) is 16.7. The van der Waals surface area contributed by atoms with Crippen LogP contribution in [0.1, 0.15) is 16.4 Å². The fourth-order valence-corrected chi connectivity index (χ4v) is 4.01. The fourth-order valence-electron chi connectivity index (χ4n) is 3.01. The van der Waals surface area contributed by atoms with Gasteiger partial charge in [-0.2, -0.15) is 0 Å². The molecule has 0 radical (unpaired) electrons. The van der Waals surface area contributed by atoms with Crippen LogP contribution in [0.5, 0.6) is 11.5 Å². The highest BCUT2D eigenvalue weighted by molar-refractivity contribution is 7.99. The highest BCUT2D eigenvalue weighted by Gasteiger charge is 2.21. The molecule has 3 aromatic carbocycles. The van der Waals surface area contributed by atoms with Gasteiger partial charge in [-0.25, -0.2) is 8.78 Å². The molecule has 158 valence electrons. The second-order valence-electron chi connectivity index (χ2n) is 6.58. The highest BCUT2D eigenvalue weighted by atomic mass is 32.2. The van der Waals surface area contributed by atoms with E-state index in [1.807, 2.05) is 0 Å². The molecule has 0 amide bonds. The van der Waals surface area contributed by atoms with Crippen LogP contribution in [0, 0.1) is 11.6 Å². The molecule has 0 atom stereocenters. The average Bonchev–Trinajstić information content (AvgIpc) is 3.27. The van der Waals surface area contributed by atoms with E-state index in [2.05, 4.69) is 10.2 Å². The van der Waals surface area contributed by atoms with E-state index in [0.29, 0.717) is 28.2 Å². The van der Waals surface area contributed by atoms with Crippen molar-refractivity contribution in [2.24, 2.45) is 0 Å². The van der Waals surface area contributed by atoms with E-state index in [4.69, 9.17) is 13.9 Å². The third-order valence-electron chi connectivity index (χ3n) is 4.57. The Morgan fingerprint density at radius 3 is 1.77 bits per heavy atom. The van der Waals surface area contributed by atoms with Crippen LogP contribution < -0.4 is 9.47 Å². The van der Waals surface area contributed by atoms with Gasteiger partial charge in [0.1, 0.15) is 23.1 Å². The van der Waals surface area contributed by atoms with E-state index in [9.17, 15) is 8.78 Å². The van der Waals surface area contributed by atoms with Gasteiger partial charge in [-0.3, -0.25) is 0 Å². The fraction of sp³-hybridized carbons (Fsp3) is 0.130. The summed E-state index contributed by atoms with van der Waals surface area (Å²) in [6.45, 7) is 0. The van der Waals surface area contributed by atoms with Crippen molar-refractivity contribution in [2.45, 2.75) is 10.5 Å². The summed E-state index contributed by atoms with van der Waals surface area (Å²) in [4.78, 5) is 0. The van der Waals surface area contributed by atoms with Gasteiger partial charge in [-0.15, -0.1) is 10.2 Å². The molecule has 0 aliphatic heterocycles. The Morgan fingerprint density at radius 2 is 1.29 bits per heavy atom. The topological polar surface area (TPSA) is 57.4 Å². The first-order valence-corrected chi connectivity index (χ1v) is 10.2. The molecule has 4 rings (SSSR count). The maximum absolute atomic E-state index is 13.4. The molecule has 0 bridgehead atoms. The largest absolute Gasteiger partial charge is 0.497 e. The van der Waals surface area contributed by atoms with Crippen molar-refractivity contribution >= 4 is 11.8 Å². The molecule has 0 unspecified atom stereocenters. The molecule has 4 aromatic rings. The van der Waals surface area contributed by atoms with Crippen molar-refractivity contribution in [1.82, 2.24) is 10.2 Å². The van der Waals surface area contributed by atoms with Gasteiger partial charge < -0.3 is 13.9 Å². The lowest BCUT2D eigenvalue weighted by molar-refractivity contribution is 0.394. The number of hydrogen-bond acceptors (Lipinski definition) is 6. The van der Waals surface area contributed by atoms with E-state index >= 15 is 0 Å². The van der Waals surface area contributed by atoms with Crippen LogP contribution in [0.3, 0.4) is 0 Å². The molecule has 1 heterocycles. The van der Waals surface area contributed by atoms with Crippen LogP contribution in [0.2, 0.25) is 0 Å². The normalized spacial score (nSPS) is 11.0. The molecular weight excluding hydrogens is 422 g/mol. The van der Waals surface area contributed by atoms with Gasteiger partial charge in [0.05, 0.1) is 19.5 Å². The highest BCUT2D eigenvalue weighted by Crippen LogP contribution is 2.41. The molecule has 31 heavy (non-hydrogen) atoms. The Morgan fingerprint density at radius 1 is 0.774 bits per heavy atom. The minimum Gasteiger partial charge on any atom is -0.497 e. The second-order valence-corrected chi connectivity index (χ2v) is 7.63. The summed E-state index contributed by atoms with van der Waals surface area (Å²) in [5, 5.41) is 8.30. The lowest BCUT2D eigenvalue weighted by Gasteiger charge is -2.15. The zero-order valence-corrected chi connectivity index (χ0v) is 17.5. The van der Waals surface area contributed by atoms with E-state index in [1.54, 1.807) is 56.7 Å². The molecule has 5 nitrogen and oxygen atoms in total. The summed E-state index contributed by atoms with van der Waals surface area (Å²) in [6, 6.07) is 17.5. The van der Waals surface area contributed by atoms with Crippen molar-refractivity contribution in [3.05, 3.63) is 89.5 Å². The zero-order chi connectivity index (χ0) is 21.8. The number of thioether (sulfide) groups is 1. The van der Waals surface area contributed by atoms with Gasteiger partial charge in [0, 0.05) is 11.6 Å². The standard InChI is InChI=1S/C23H18F2N2O3S/c1-28-19-11-16(12-20(13-19)29-2)22-26-27-23(30-22)31-21(14-3-7-17(24)8-4-14)15-5-9-18(25)10-6-15/h3-13,21H,1-2H3. The molecule has 1 aromatic heterocycles. The number of aromatic nitrogens is 2. The van der Waals surface area contributed by atoms with Crippen molar-refractivity contribution in [3.63, 3.8) is 0 Å². The van der Waals surface area contributed by atoms with E-state index in [1.165, 1.54) is 36.0 Å². The lowest BCUT2D eigenvalue weighted by Crippen LogP contribution is -1.97. The number of rotatable bonds is 7. The van der Waals surface area contributed by atoms with Gasteiger partial charge in [0.25, 0.3) is 5.22 Å². The lowest BCUT2D eigenvalue weighted by atomic mass is 10.0. The number of ether oxygens (including phenoxy) is 2. The summed E-state index contributed by atoms with van der Waals surface area (Å²) in [7, 11) is 3.12. The summed E-state index contributed by atoms with van der Waals surface area (Å²) in [5.74, 6) is 0.823. The van der Waals surface area contributed by atoms with Crippen LogP contribution in [-0.2, 0) is 0 Å². The van der Waals surface area contributed by atoms with Crippen LogP contribution in [0.25, 0.3) is 11.5 Å². The van der Waals surface area contributed by atoms with Gasteiger partial charge in [0.2, 0.25) is 5.89 Å². The van der Waals surface area contributed by atoms with E-state index in [-0.39, 0.29) is 16.9 Å². The third-order valence-corrected chi connectivity index (χ3v) is 5.72. The minimum absolute atomic E-state index is 0.297. The van der Waals surface area contributed by atoms with Crippen molar-refractivity contribution in [2.75, 3.05) is 14.2 Å². The maximum Gasteiger partial charge on any atom is 0.277 e. The Hall–Kier alpha value is -3.39. The smallest absolute Gasteiger partial charge is 0.277 e. The van der Waals surface area contributed by atoms with Gasteiger partial charge >= 0.3 is 0 Å². The number of halogens is 2. The molecule has 0 N–H and O–H groups in total. The Labute approximate surface area is 182 Å². The first kappa shape index (κ1) is 20.9. The van der Waals surface area contributed by atoms with Crippen molar-refractivity contribution in [3.8, 4) is 23.0 Å². The Balaban J connectivity index is 1.66. The molecule has 0 fully saturated rings. The summed E-state index contributed by atoms with van der Waals surface area (Å²) < 4.78 is 43.3. The summed E-state index contributed by atoms with van der Waals surface area (Å²) in [5.41, 5.74) is 2.29. The maximum atomic E-state index is 13.4. The predicted molar refractivity (Wildman–Crippen MR) is 113 cm³/mol. The van der Waals surface area contributed by atoms with Gasteiger partial charge in [-0.05, 0) is 47.5 Å². The molecular formula is C23H18F2N2O3S. The Bertz CT molecular complexity index is 1100. The molecule has 0 aliphatic carbocycles. The van der Waals surface area contributed by atoms with E-state index in [0.717, 1.165) is 11.1 Å². The van der Waals surface area contributed by atoms with Crippen LogP contribution in [0.4, 0.5) is 8.78 Å². The van der Waals surface area contributed by atoms with Crippen LogP contribution >= 0.6 is 11.8 Å². The molecule has 8 heteroatoms. The SMILES string of the molecule is COc1cc(OC)cc(-c2nnc(SC(c3ccc(F)cc3)c3ccc(F)cc3)o2)c1. The quantitative estimate of drug-likeness (QED) is 0.333. The number of methoxy groups -OCH3 is 2. The molecule has 0 saturated carbocycles. The van der Waals surface area contributed by atoms with Gasteiger partial charge in [-0.1, -0.05) is 36.0 Å². The number of benzene rings is 3.